The smallest absolute Gasteiger partial charge is 0.0621 e. The summed E-state index contributed by atoms with van der Waals surface area (Å²) in [6, 6.07) is 7.48. The molecule has 0 amide bonds. The third kappa shape index (κ3) is 4.92. The molecule has 0 atom stereocenters. The Bertz CT molecular complexity index is 338. The summed E-state index contributed by atoms with van der Waals surface area (Å²) in [5, 5.41) is 12.8. The van der Waals surface area contributed by atoms with Gasteiger partial charge in [-0.05, 0) is 31.0 Å². The summed E-state index contributed by atoms with van der Waals surface area (Å²) in [6.45, 7) is 0.832. The first kappa shape index (κ1) is 12.2. The highest BCUT2D eigenvalue weighted by Crippen LogP contribution is 2.22. The van der Waals surface area contributed by atoms with Crippen molar-refractivity contribution in [1.29, 1.82) is 5.26 Å². The van der Waals surface area contributed by atoms with E-state index in [-0.39, 0.29) is 0 Å². The van der Waals surface area contributed by atoms with Gasteiger partial charge < -0.3 is 5.32 Å². The third-order valence-corrected chi connectivity index (χ3v) is 2.34. The molecule has 0 heterocycles. The summed E-state index contributed by atoms with van der Waals surface area (Å²) in [5.74, 6) is 0. The maximum atomic E-state index is 8.35. The molecule has 0 aromatic heterocycles. The Morgan fingerprint density at radius 3 is 2.40 bits per heavy atom. The lowest BCUT2D eigenvalue weighted by Crippen LogP contribution is -2.00. The van der Waals surface area contributed by atoms with Gasteiger partial charge in [-0.1, -0.05) is 23.2 Å². The van der Waals surface area contributed by atoms with E-state index in [0.717, 1.165) is 25.1 Å². The van der Waals surface area contributed by atoms with Crippen LogP contribution in [-0.4, -0.2) is 6.54 Å². The van der Waals surface area contributed by atoms with Gasteiger partial charge in [0.15, 0.2) is 0 Å². The number of benzene rings is 1. The van der Waals surface area contributed by atoms with Crippen LogP contribution in [0.25, 0.3) is 0 Å². The first-order valence-electron chi connectivity index (χ1n) is 4.79. The first-order valence-corrected chi connectivity index (χ1v) is 5.55. The number of nitrogens with zero attached hydrogens (tertiary/aromatic N) is 1. The van der Waals surface area contributed by atoms with Crippen molar-refractivity contribution in [1.82, 2.24) is 0 Å². The van der Waals surface area contributed by atoms with E-state index in [1.165, 1.54) is 0 Å². The quantitative estimate of drug-likeness (QED) is 0.790. The molecule has 0 spiro atoms. The van der Waals surface area contributed by atoms with Crippen LogP contribution in [0.4, 0.5) is 5.69 Å². The maximum Gasteiger partial charge on any atom is 0.0621 e. The standard InChI is InChI=1S/C11H12Cl2N2/c12-9-6-10(13)8-11(7-9)15-5-3-1-2-4-14/h6-8,15H,1-3,5H2. The molecule has 0 saturated heterocycles. The molecule has 0 aliphatic carbocycles. The fraction of sp³-hybridized carbons (Fsp3) is 0.364. The highest BCUT2D eigenvalue weighted by atomic mass is 35.5. The van der Waals surface area contributed by atoms with Gasteiger partial charge in [-0.2, -0.15) is 5.26 Å². The van der Waals surface area contributed by atoms with Crippen LogP contribution in [0, 0.1) is 11.3 Å². The Kier molecular flexibility index (Phi) is 5.31. The minimum atomic E-state index is 0.609. The molecule has 15 heavy (non-hydrogen) atoms. The summed E-state index contributed by atoms with van der Waals surface area (Å²) >= 11 is 11.7. The van der Waals surface area contributed by atoms with Gasteiger partial charge in [-0.3, -0.25) is 0 Å². The predicted octanol–water partition coefficient (Wildman–Crippen LogP) is 4.10. The fourth-order valence-electron chi connectivity index (χ4n) is 1.22. The molecule has 0 saturated carbocycles. The van der Waals surface area contributed by atoms with Gasteiger partial charge in [-0.15, -0.1) is 0 Å². The first-order chi connectivity index (χ1) is 7.22. The molecule has 4 heteroatoms. The van der Waals surface area contributed by atoms with Crippen molar-refractivity contribution in [2.75, 3.05) is 11.9 Å². The SMILES string of the molecule is N#CCCCCNc1cc(Cl)cc(Cl)c1. The van der Waals surface area contributed by atoms with E-state index < -0.39 is 0 Å². The molecule has 0 aliphatic heterocycles. The Labute approximate surface area is 99.8 Å². The molecule has 0 fully saturated rings. The Morgan fingerprint density at radius 1 is 1.13 bits per heavy atom. The topological polar surface area (TPSA) is 35.8 Å². The minimum Gasteiger partial charge on any atom is -0.385 e. The third-order valence-electron chi connectivity index (χ3n) is 1.91. The molecule has 0 aliphatic rings. The van der Waals surface area contributed by atoms with Crippen LogP contribution in [0.2, 0.25) is 10.0 Å². The highest BCUT2D eigenvalue weighted by Gasteiger charge is 1.97. The van der Waals surface area contributed by atoms with Gasteiger partial charge >= 0.3 is 0 Å². The normalized spacial score (nSPS) is 9.67. The lowest BCUT2D eigenvalue weighted by atomic mass is 10.2. The number of nitrogens with one attached hydrogen (secondary N) is 1. The summed E-state index contributed by atoms with van der Waals surface area (Å²) in [4.78, 5) is 0. The lowest BCUT2D eigenvalue weighted by molar-refractivity contribution is 0.785. The molecule has 1 N–H and O–H groups in total. The molecule has 0 radical (unpaired) electrons. The monoisotopic (exact) mass is 242 g/mol. The van der Waals surface area contributed by atoms with Gasteiger partial charge in [0.2, 0.25) is 0 Å². The second kappa shape index (κ2) is 6.55. The molecule has 1 aromatic rings. The zero-order valence-corrected chi connectivity index (χ0v) is 9.78. The van der Waals surface area contributed by atoms with E-state index in [0.29, 0.717) is 16.5 Å². The average Bonchev–Trinajstić information content (AvgIpc) is 2.16. The van der Waals surface area contributed by atoms with Crippen LogP contribution in [0.1, 0.15) is 19.3 Å². The number of rotatable bonds is 5. The van der Waals surface area contributed by atoms with Crippen molar-refractivity contribution in [2.45, 2.75) is 19.3 Å². The summed E-state index contributed by atoms with van der Waals surface area (Å²) in [6.07, 6.45) is 2.49. The Morgan fingerprint density at radius 2 is 1.80 bits per heavy atom. The molecular weight excluding hydrogens is 231 g/mol. The van der Waals surface area contributed by atoms with Crippen molar-refractivity contribution in [3.63, 3.8) is 0 Å². The number of halogens is 2. The average molecular weight is 243 g/mol. The second-order valence-electron chi connectivity index (χ2n) is 3.20. The summed E-state index contributed by atoms with van der Waals surface area (Å²) in [7, 11) is 0. The Balaban J connectivity index is 2.34. The van der Waals surface area contributed by atoms with Crippen LogP contribution in [-0.2, 0) is 0 Å². The van der Waals surface area contributed by atoms with Crippen LogP contribution >= 0.6 is 23.2 Å². The maximum absolute atomic E-state index is 8.35. The summed E-state index contributed by atoms with van der Waals surface area (Å²) < 4.78 is 0. The van der Waals surface area contributed by atoms with E-state index in [1.54, 1.807) is 6.07 Å². The van der Waals surface area contributed by atoms with E-state index in [9.17, 15) is 0 Å². The number of nitriles is 1. The van der Waals surface area contributed by atoms with Gasteiger partial charge in [0, 0.05) is 28.7 Å². The van der Waals surface area contributed by atoms with Gasteiger partial charge in [0.1, 0.15) is 0 Å². The van der Waals surface area contributed by atoms with Crippen LogP contribution in [0.5, 0.6) is 0 Å². The van der Waals surface area contributed by atoms with E-state index in [1.807, 2.05) is 12.1 Å². The molecule has 1 rings (SSSR count). The van der Waals surface area contributed by atoms with Crippen molar-refractivity contribution in [3.05, 3.63) is 28.2 Å². The molecule has 1 aromatic carbocycles. The molecular formula is C11H12Cl2N2. The number of unbranched alkanes of at least 4 members (excludes halogenated alkanes) is 2. The predicted molar refractivity (Wildman–Crippen MR) is 64.4 cm³/mol. The van der Waals surface area contributed by atoms with E-state index >= 15 is 0 Å². The fourth-order valence-corrected chi connectivity index (χ4v) is 1.74. The number of hydrogen-bond donors (Lipinski definition) is 1. The minimum absolute atomic E-state index is 0.609. The summed E-state index contributed by atoms with van der Waals surface area (Å²) in [5.41, 5.74) is 0.921. The molecule has 0 unspecified atom stereocenters. The number of hydrogen-bond acceptors (Lipinski definition) is 2. The largest absolute Gasteiger partial charge is 0.385 e. The van der Waals surface area contributed by atoms with Crippen molar-refractivity contribution >= 4 is 28.9 Å². The molecule has 2 nitrogen and oxygen atoms in total. The van der Waals surface area contributed by atoms with Gasteiger partial charge in [0.25, 0.3) is 0 Å². The molecule has 80 valence electrons. The lowest BCUT2D eigenvalue weighted by Gasteiger charge is -2.06. The highest BCUT2D eigenvalue weighted by molar-refractivity contribution is 6.35. The van der Waals surface area contributed by atoms with Crippen LogP contribution in [0.15, 0.2) is 18.2 Å². The zero-order valence-electron chi connectivity index (χ0n) is 8.26. The number of anilines is 1. The second-order valence-corrected chi connectivity index (χ2v) is 4.07. The van der Waals surface area contributed by atoms with E-state index in [2.05, 4.69) is 11.4 Å². The van der Waals surface area contributed by atoms with Crippen LogP contribution in [0.3, 0.4) is 0 Å². The zero-order chi connectivity index (χ0) is 11.1. The van der Waals surface area contributed by atoms with E-state index in [4.69, 9.17) is 28.5 Å². The van der Waals surface area contributed by atoms with Crippen molar-refractivity contribution in [2.24, 2.45) is 0 Å². The van der Waals surface area contributed by atoms with Gasteiger partial charge in [0.05, 0.1) is 6.07 Å². The Hall–Kier alpha value is -0.910. The molecule has 0 bridgehead atoms. The van der Waals surface area contributed by atoms with Crippen LogP contribution < -0.4 is 5.32 Å². The van der Waals surface area contributed by atoms with Gasteiger partial charge in [-0.25, -0.2) is 0 Å². The van der Waals surface area contributed by atoms with Crippen molar-refractivity contribution in [3.8, 4) is 6.07 Å². The van der Waals surface area contributed by atoms with Crippen molar-refractivity contribution < 1.29 is 0 Å².